The van der Waals surface area contributed by atoms with Gasteiger partial charge < -0.3 is 10.6 Å². The predicted molar refractivity (Wildman–Crippen MR) is 76.8 cm³/mol. The molecule has 0 radical (unpaired) electrons. The lowest BCUT2D eigenvalue weighted by Crippen LogP contribution is -2.34. The number of hydrogen-bond donors (Lipinski definition) is 2. The molecule has 1 heterocycles. The fourth-order valence-electron chi connectivity index (χ4n) is 1.53. The number of amides is 2. The van der Waals surface area contributed by atoms with Gasteiger partial charge in [0, 0.05) is 24.4 Å². The van der Waals surface area contributed by atoms with Crippen LogP contribution in [-0.2, 0) is 9.59 Å². The second kappa shape index (κ2) is 7.14. The summed E-state index contributed by atoms with van der Waals surface area (Å²) in [5.74, 6) is -1.32. The van der Waals surface area contributed by atoms with Crippen LogP contribution < -0.4 is 10.6 Å². The molecule has 0 aromatic carbocycles. The molecule has 0 unspecified atom stereocenters. The van der Waals surface area contributed by atoms with Crippen LogP contribution in [0.5, 0.6) is 0 Å². The van der Waals surface area contributed by atoms with Crippen molar-refractivity contribution in [2.45, 2.75) is 39.7 Å². The first-order chi connectivity index (χ1) is 9.35. The number of nitrogens with zero attached hydrogens (tertiary/aromatic N) is 1. The monoisotopic (exact) mass is 297 g/mol. The van der Waals surface area contributed by atoms with Gasteiger partial charge in [0.05, 0.1) is 5.69 Å². The molecule has 20 heavy (non-hydrogen) atoms. The average Bonchev–Trinajstić information content (AvgIpc) is 2.75. The number of likely N-dealkylation sites (N-methyl/N-ethyl adjacent to an activating group) is 1. The molecule has 1 aromatic rings. The standard InChI is InChI=1S/C13H19N3O3S/c1-7(5-6-10(17)11(18)14-4)15-12(19)13-16-8(2)9(3)20-13/h7H,5-6H2,1-4H3,(H,14,18)(H,15,19)/t7-/m1/s1. The lowest BCUT2D eigenvalue weighted by atomic mass is 10.1. The maximum atomic E-state index is 11.9. The molecule has 110 valence electrons. The van der Waals surface area contributed by atoms with Crippen LogP contribution in [0.15, 0.2) is 0 Å². The van der Waals surface area contributed by atoms with Gasteiger partial charge >= 0.3 is 0 Å². The minimum Gasteiger partial charge on any atom is -0.353 e. The third-order valence-corrected chi connectivity index (χ3v) is 3.96. The molecule has 0 aliphatic heterocycles. The molecular weight excluding hydrogens is 278 g/mol. The Kier molecular flexibility index (Phi) is 5.82. The normalized spacial score (nSPS) is 11.8. The maximum absolute atomic E-state index is 11.9. The molecule has 0 saturated carbocycles. The van der Waals surface area contributed by atoms with Crippen molar-refractivity contribution < 1.29 is 14.4 Å². The van der Waals surface area contributed by atoms with E-state index in [-0.39, 0.29) is 18.4 Å². The van der Waals surface area contributed by atoms with Gasteiger partial charge in [-0.3, -0.25) is 14.4 Å². The molecule has 0 fully saturated rings. The lowest BCUT2D eigenvalue weighted by Gasteiger charge is -2.11. The number of carbonyl (C=O) groups excluding carboxylic acids is 3. The van der Waals surface area contributed by atoms with E-state index < -0.39 is 11.7 Å². The highest BCUT2D eigenvalue weighted by Gasteiger charge is 2.17. The van der Waals surface area contributed by atoms with E-state index in [4.69, 9.17) is 0 Å². The summed E-state index contributed by atoms with van der Waals surface area (Å²) in [6, 6.07) is -0.194. The Balaban J connectivity index is 2.46. The van der Waals surface area contributed by atoms with Gasteiger partial charge in [0.1, 0.15) is 0 Å². The van der Waals surface area contributed by atoms with Crippen molar-refractivity contribution in [3.63, 3.8) is 0 Å². The third kappa shape index (κ3) is 4.41. The number of Topliss-reactive ketones (excluding diaryl/α,β-unsaturated/α-hetero) is 1. The van der Waals surface area contributed by atoms with E-state index in [2.05, 4.69) is 15.6 Å². The molecule has 0 aliphatic carbocycles. The maximum Gasteiger partial charge on any atom is 0.287 e. The quantitative estimate of drug-likeness (QED) is 0.766. The van der Waals surface area contributed by atoms with Gasteiger partial charge in [-0.05, 0) is 27.2 Å². The highest BCUT2D eigenvalue weighted by molar-refractivity contribution is 7.13. The summed E-state index contributed by atoms with van der Waals surface area (Å²) < 4.78 is 0. The van der Waals surface area contributed by atoms with Crippen LogP contribution in [0.25, 0.3) is 0 Å². The number of ketones is 1. The van der Waals surface area contributed by atoms with Gasteiger partial charge in [-0.25, -0.2) is 4.98 Å². The first-order valence-electron chi connectivity index (χ1n) is 6.35. The lowest BCUT2D eigenvalue weighted by molar-refractivity contribution is -0.137. The number of aryl methyl sites for hydroxylation is 2. The van der Waals surface area contributed by atoms with Gasteiger partial charge in [0.25, 0.3) is 11.8 Å². The summed E-state index contributed by atoms with van der Waals surface area (Å²) in [5, 5.41) is 5.47. The average molecular weight is 297 g/mol. The van der Waals surface area contributed by atoms with Crippen molar-refractivity contribution in [2.75, 3.05) is 7.05 Å². The van der Waals surface area contributed by atoms with Crippen molar-refractivity contribution in [3.05, 3.63) is 15.6 Å². The van der Waals surface area contributed by atoms with Gasteiger partial charge in [0.2, 0.25) is 5.78 Å². The first kappa shape index (κ1) is 16.3. The van der Waals surface area contributed by atoms with Crippen LogP contribution in [0.1, 0.15) is 40.1 Å². The Hall–Kier alpha value is -1.76. The third-order valence-electron chi connectivity index (χ3n) is 2.88. The molecule has 0 spiro atoms. The number of aromatic nitrogens is 1. The van der Waals surface area contributed by atoms with Crippen LogP contribution in [0, 0.1) is 13.8 Å². The number of rotatable bonds is 6. The minimum absolute atomic E-state index is 0.108. The van der Waals surface area contributed by atoms with Crippen molar-refractivity contribution >= 4 is 28.9 Å². The number of carbonyl (C=O) groups is 3. The number of hydrogen-bond acceptors (Lipinski definition) is 5. The molecule has 1 rings (SSSR count). The van der Waals surface area contributed by atoms with Gasteiger partial charge in [-0.1, -0.05) is 0 Å². The second-order valence-electron chi connectivity index (χ2n) is 4.58. The fraction of sp³-hybridized carbons (Fsp3) is 0.538. The SMILES string of the molecule is CNC(=O)C(=O)CC[C@@H](C)NC(=O)c1nc(C)c(C)s1. The summed E-state index contributed by atoms with van der Waals surface area (Å²) in [7, 11) is 1.42. The minimum atomic E-state index is -0.602. The summed E-state index contributed by atoms with van der Waals surface area (Å²) in [6.07, 6.45) is 0.526. The van der Waals surface area contributed by atoms with E-state index in [9.17, 15) is 14.4 Å². The highest BCUT2D eigenvalue weighted by atomic mass is 32.1. The molecule has 2 N–H and O–H groups in total. The van der Waals surface area contributed by atoms with E-state index in [0.717, 1.165) is 10.6 Å². The zero-order chi connectivity index (χ0) is 15.3. The molecule has 0 aliphatic rings. The molecular formula is C13H19N3O3S. The molecule has 0 bridgehead atoms. The Bertz CT molecular complexity index is 505. The molecule has 7 heteroatoms. The van der Waals surface area contributed by atoms with Gasteiger partial charge in [-0.2, -0.15) is 0 Å². The van der Waals surface area contributed by atoms with Crippen LogP contribution in [0.4, 0.5) is 0 Å². The fourth-order valence-corrected chi connectivity index (χ4v) is 2.35. The Morgan fingerprint density at radius 2 is 1.95 bits per heavy atom. The van der Waals surface area contributed by atoms with Crippen molar-refractivity contribution in [2.24, 2.45) is 0 Å². The van der Waals surface area contributed by atoms with Crippen LogP contribution in [0.3, 0.4) is 0 Å². The Labute approximate surface area is 122 Å². The zero-order valence-electron chi connectivity index (χ0n) is 12.1. The van der Waals surface area contributed by atoms with Crippen LogP contribution >= 0.6 is 11.3 Å². The highest BCUT2D eigenvalue weighted by Crippen LogP contribution is 2.16. The zero-order valence-corrected chi connectivity index (χ0v) is 12.9. The Morgan fingerprint density at radius 1 is 1.30 bits per heavy atom. The smallest absolute Gasteiger partial charge is 0.287 e. The summed E-state index contributed by atoms with van der Waals surface area (Å²) >= 11 is 1.34. The molecule has 2 amide bonds. The second-order valence-corrected chi connectivity index (χ2v) is 5.78. The van der Waals surface area contributed by atoms with Crippen molar-refractivity contribution in [1.82, 2.24) is 15.6 Å². The number of nitrogens with one attached hydrogen (secondary N) is 2. The number of thiazole rings is 1. The largest absolute Gasteiger partial charge is 0.353 e. The predicted octanol–water partition coefficient (Wildman–Crippen LogP) is 0.974. The molecule has 1 aromatic heterocycles. The molecule has 6 nitrogen and oxygen atoms in total. The van der Waals surface area contributed by atoms with E-state index in [1.807, 2.05) is 13.8 Å². The summed E-state index contributed by atoms with van der Waals surface area (Å²) in [4.78, 5) is 39.5. The summed E-state index contributed by atoms with van der Waals surface area (Å²) in [5.41, 5.74) is 0.850. The van der Waals surface area contributed by atoms with E-state index >= 15 is 0 Å². The van der Waals surface area contributed by atoms with Crippen molar-refractivity contribution in [3.8, 4) is 0 Å². The van der Waals surface area contributed by atoms with Gasteiger partial charge in [0.15, 0.2) is 5.01 Å². The van der Waals surface area contributed by atoms with E-state index in [0.29, 0.717) is 11.4 Å². The topological polar surface area (TPSA) is 88.2 Å². The van der Waals surface area contributed by atoms with Crippen LogP contribution in [0.2, 0.25) is 0 Å². The Morgan fingerprint density at radius 3 is 2.45 bits per heavy atom. The van der Waals surface area contributed by atoms with Crippen molar-refractivity contribution in [1.29, 1.82) is 0 Å². The molecule has 1 atom stereocenters. The first-order valence-corrected chi connectivity index (χ1v) is 7.16. The van der Waals surface area contributed by atoms with E-state index in [1.54, 1.807) is 6.92 Å². The summed E-state index contributed by atoms with van der Waals surface area (Å²) in [6.45, 7) is 5.56. The van der Waals surface area contributed by atoms with Gasteiger partial charge in [-0.15, -0.1) is 11.3 Å². The molecule has 0 saturated heterocycles. The van der Waals surface area contributed by atoms with E-state index in [1.165, 1.54) is 18.4 Å². The van der Waals surface area contributed by atoms with Crippen LogP contribution in [-0.4, -0.2) is 35.7 Å².